The van der Waals surface area contributed by atoms with E-state index in [1.54, 1.807) is 26.2 Å². The molecule has 31 heavy (non-hydrogen) atoms. The van der Waals surface area contributed by atoms with Gasteiger partial charge in [-0.05, 0) is 42.7 Å². The molecule has 0 amide bonds. The number of halogens is 1. The highest BCUT2D eigenvalue weighted by Gasteiger charge is 2.19. The minimum absolute atomic E-state index is 0.0440. The average molecular weight is 462 g/mol. The van der Waals surface area contributed by atoms with Crippen LogP contribution in [0.4, 0.5) is 0 Å². The summed E-state index contributed by atoms with van der Waals surface area (Å²) in [5.41, 5.74) is 1.59. The summed E-state index contributed by atoms with van der Waals surface area (Å²) in [4.78, 5) is 12.1. The van der Waals surface area contributed by atoms with Gasteiger partial charge in [0.25, 0.3) is 5.56 Å². The third-order valence-electron chi connectivity index (χ3n) is 4.95. The number of pyridine rings is 1. The second kappa shape index (κ2) is 9.68. The summed E-state index contributed by atoms with van der Waals surface area (Å²) in [5, 5.41) is 9.37. The number of para-hydroxylation sites is 1. The van der Waals surface area contributed by atoms with Gasteiger partial charge >= 0.3 is 0 Å². The highest BCUT2D eigenvalue weighted by Crippen LogP contribution is 2.39. The van der Waals surface area contributed by atoms with Crippen LogP contribution in [0.15, 0.2) is 64.4 Å². The molecule has 1 N–H and O–H groups in total. The first kappa shape index (κ1) is 23.1. The lowest BCUT2D eigenvalue weighted by atomic mass is 10.1. The van der Waals surface area contributed by atoms with E-state index in [4.69, 9.17) is 21.4 Å². The fraction of sp³-hybridized carbons (Fsp3) is 0.261. The largest absolute Gasteiger partial charge is 0.456 e. The van der Waals surface area contributed by atoms with Gasteiger partial charge in [0.05, 0.1) is 15.7 Å². The quantitative estimate of drug-likeness (QED) is 0.543. The van der Waals surface area contributed by atoms with E-state index in [0.717, 1.165) is 5.56 Å². The number of nitrogens with zero attached hydrogens (tertiary/aromatic N) is 1. The molecule has 0 atom stereocenters. The van der Waals surface area contributed by atoms with Crippen LogP contribution in [0.3, 0.4) is 0 Å². The number of sulfone groups is 1. The molecule has 0 aliphatic carbocycles. The fourth-order valence-electron chi connectivity index (χ4n) is 3.17. The fourth-order valence-corrected chi connectivity index (χ4v) is 4.32. The number of aryl methyl sites for hydroxylation is 2. The molecule has 0 aliphatic rings. The number of hydrogen-bond acceptors (Lipinski definition) is 5. The van der Waals surface area contributed by atoms with E-state index in [2.05, 4.69) is 0 Å². The predicted molar refractivity (Wildman–Crippen MR) is 122 cm³/mol. The van der Waals surface area contributed by atoms with Gasteiger partial charge < -0.3 is 14.4 Å². The number of aromatic nitrogens is 1. The predicted octanol–water partition coefficient (Wildman–Crippen LogP) is 4.22. The van der Waals surface area contributed by atoms with Gasteiger partial charge in [-0.1, -0.05) is 36.7 Å². The summed E-state index contributed by atoms with van der Waals surface area (Å²) in [6, 6.07) is 13.4. The Bertz CT molecular complexity index is 1250. The molecule has 0 bridgehead atoms. The van der Waals surface area contributed by atoms with Crippen LogP contribution in [-0.2, 0) is 23.3 Å². The van der Waals surface area contributed by atoms with Crippen molar-refractivity contribution in [3.05, 3.63) is 75.7 Å². The minimum atomic E-state index is -3.46. The van der Waals surface area contributed by atoms with E-state index >= 15 is 0 Å². The molecule has 3 aromatic rings. The van der Waals surface area contributed by atoms with E-state index in [0.29, 0.717) is 35.5 Å². The lowest BCUT2D eigenvalue weighted by Crippen LogP contribution is -2.15. The number of benzene rings is 2. The Kier molecular flexibility index (Phi) is 7.20. The molecule has 164 valence electrons. The number of rotatable bonds is 8. The average Bonchev–Trinajstić information content (AvgIpc) is 2.76. The number of aliphatic hydroxyl groups is 1. The zero-order valence-corrected chi connectivity index (χ0v) is 18.9. The highest BCUT2D eigenvalue weighted by molar-refractivity contribution is 7.91. The van der Waals surface area contributed by atoms with Crippen molar-refractivity contribution >= 4 is 21.4 Å². The maximum absolute atomic E-state index is 12.5. The molecular formula is C23H24ClNO5S. The Balaban J connectivity index is 2.18. The Morgan fingerprint density at radius 2 is 1.81 bits per heavy atom. The molecule has 0 radical (unpaired) electrons. The van der Waals surface area contributed by atoms with Crippen LogP contribution in [0.2, 0.25) is 5.02 Å². The van der Waals surface area contributed by atoms with E-state index in [1.165, 1.54) is 22.8 Å². The zero-order chi connectivity index (χ0) is 22.6. The van der Waals surface area contributed by atoms with Crippen LogP contribution in [0.25, 0.3) is 11.1 Å². The van der Waals surface area contributed by atoms with Crippen molar-refractivity contribution < 1.29 is 18.3 Å². The summed E-state index contributed by atoms with van der Waals surface area (Å²) in [6.45, 7) is 1.65. The summed E-state index contributed by atoms with van der Waals surface area (Å²) in [5.74, 6) is 0.966. The molecule has 2 aromatic carbocycles. The molecule has 0 unspecified atom stereocenters. The van der Waals surface area contributed by atoms with E-state index in [9.17, 15) is 13.2 Å². The normalized spacial score (nSPS) is 11.5. The van der Waals surface area contributed by atoms with E-state index in [1.807, 2.05) is 24.3 Å². The molecule has 0 fully saturated rings. The molecule has 0 saturated carbocycles. The topological polar surface area (TPSA) is 85.6 Å². The van der Waals surface area contributed by atoms with Gasteiger partial charge in [-0.15, -0.1) is 0 Å². The molecule has 3 rings (SSSR count). The molecule has 6 nitrogen and oxygen atoms in total. The Hall–Kier alpha value is -2.61. The summed E-state index contributed by atoms with van der Waals surface area (Å²) in [7, 11) is -1.87. The SMILES string of the molecule is CCS(=O)(=O)c1ccc(Oc2ccccc2CCCO)c(-c2cn(C)c(=O)cc2Cl)c1. The van der Waals surface area contributed by atoms with Gasteiger partial charge in [0.15, 0.2) is 9.84 Å². The molecule has 1 aromatic heterocycles. The number of aliphatic hydroxyl groups excluding tert-OH is 1. The Morgan fingerprint density at radius 1 is 1.06 bits per heavy atom. The summed E-state index contributed by atoms with van der Waals surface area (Å²) < 4.78 is 32.5. The van der Waals surface area contributed by atoms with E-state index in [-0.39, 0.29) is 27.8 Å². The van der Waals surface area contributed by atoms with Crippen molar-refractivity contribution in [1.29, 1.82) is 0 Å². The van der Waals surface area contributed by atoms with Gasteiger partial charge in [0.1, 0.15) is 11.5 Å². The molecule has 0 saturated heterocycles. The summed E-state index contributed by atoms with van der Waals surface area (Å²) in [6.07, 6.45) is 2.78. The minimum Gasteiger partial charge on any atom is -0.456 e. The maximum atomic E-state index is 12.5. The molecule has 8 heteroatoms. The van der Waals surface area contributed by atoms with Crippen molar-refractivity contribution in [2.45, 2.75) is 24.7 Å². The van der Waals surface area contributed by atoms with Crippen LogP contribution in [-0.4, -0.2) is 30.5 Å². The first-order valence-electron chi connectivity index (χ1n) is 9.86. The number of ether oxygens (including phenoxy) is 1. The lowest BCUT2D eigenvalue weighted by Gasteiger charge is -2.17. The zero-order valence-electron chi connectivity index (χ0n) is 17.3. The van der Waals surface area contributed by atoms with Gasteiger partial charge in [-0.3, -0.25) is 4.79 Å². The standard InChI is InChI=1S/C23H24ClNO5S/c1-3-31(28,29)17-10-11-22(30-21-9-5-4-7-16(21)8-6-12-26)18(13-17)19-15-25(2)23(27)14-20(19)24/h4-5,7,9-11,13-15,26H,3,6,8,12H2,1-2H3. The second-order valence-corrected chi connectivity index (χ2v) is 9.77. The number of hydrogen-bond donors (Lipinski definition) is 1. The first-order valence-corrected chi connectivity index (χ1v) is 11.9. The van der Waals surface area contributed by atoms with Crippen LogP contribution < -0.4 is 10.3 Å². The Morgan fingerprint density at radius 3 is 2.52 bits per heavy atom. The van der Waals surface area contributed by atoms with E-state index < -0.39 is 9.84 Å². The van der Waals surface area contributed by atoms with Crippen LogP contribution in [0, 0.1) is 0 Å². The maximum Gasteiger partial charge on any atom is 0.251 e. The third-order valence-corrected chi connectivity index (χ3v) is 7.00. The van der Waals surface area contributed by atoms with Crippen LogP contribution in [0.1, 0.15) is 18.9 Å². The van der Waals surface area contributed by atoms with Crippen LogP contribution in [0.5, 0.6) is 11.5 Å². The molecule has 0 spiro atoms. The molecule has 0 aliphatic heterocycles. The Labute approximate surface area is 186 Å². The van der Waals surface area contributed by atoms with Gasteiger partial charge in [0.2, 0.25) is 0 Å². The summed E-state index contributed by atoms with van der Waals surface area (Å²) >= 11 is 6.37. The third kappa shape index (κ3) is 5.18. The molecule has 1 heterocycles. The van der Waals surface area contributed by atoms with Gasteiger partial charge in [-0.25, -0.2) is 8.42 Å². The van der Waals surface area contributed by atoms with Crippen molar-refractivity contribution in [2.75, 3.05) is 12.4 Å². The van der Waals surface area contributed by atoms with Crippen LogP contribution >= 0.6 is 11.6 Å². The first-order chi connectivity index (χ1) is 14.8. The second-order valence-electron chi connectivity index (χ2n) is 7.08. The smallest absolute Gasteiger partial charge is 0.251 e. The van der Waals surface area contributed by atoms with Crippen molar-refractivity contribution in [3.8, 4) is 22.6 Å². The highest BCUT2D eigenvalue weighted by atomic mass is 35.5. The van der Waals surface area contributed by atoms with Crippen molar-refractivity contribution in [2.24, 2.45) is 7.05 Å². The monoisotopic (exact) mass is 461 g/mol. The molecular weight excluding hydrogens is 438 g/mol. The van der Waals surface area contributed by atoms with Crippen molar-refractivity contribution in [1.82, 2.24) is 4.57 Å². The van der Waals surface area contributed by atoms with Crippen molar-refractivity contribution in [3.63, 3.8) is 0 Å². The van der Waals surface area contributed by atoms with Gasteiger partial charge in [-0.2, -0.15) is 0 Å². The van der Waals surface area contributed by atoms with Gasteiger partial charge in [0, 0.05) is 37.0 Å². The lowest BCUT2D eigenvalue weighted by molar-refractivity contribution is 0.288.